The first kappa shape index (κ1) is 20.8. The van der Waals surface area contributed by atoms with Crippen molar-refractivity contribution in [3.63, 3.8) is 0 Å². The van der Waals surface area contributed by atoms with Crippen molar-refractivity contribution in [1.82, 2.24) is 25.3 Å². The van der Waals surface area contributed by atoms with Crippen LogP contribution in [0.4, 0.5) is 15.0 Å². The lowest BCUT2D eigenvalue weighted by Gasteiger charge is -2.17. The molecule has 9 nitrogen and oxygen atoms in total. The number of ether oxygens (including phenoxy) is 1. The molecule has 1 fully saturated rings. The number of amides is 2. The van der Waals surface area contributed by atoms with Crippen LogP contribution < -0.4 is 10.6 Å². The van der Waals surface area contributed by atoms with E-state index in [0.717, 1.165) is 24.1 Å². The molecule has 10 heteroatoms. The molecule has 3 rings (SSSR count). The van der Waals surface area contributed by atoms with Crippen LogP contribution in [0.3, 0.4) is 0 Å². The number of rotatable bonds is 7. The normalized spacial score (nSPS) is 20.8. The topological polar surface area (TPSA) is 114 Å². The van der Waals surface area contributed by atoms with Crippen LogP contribution in [0, 0.1) is 0 Å². The predicted molar refractivity (Wildman–Crippen MR) is 104 cm³/mol. The quantitative estimate of drug-likeness (QED) is 0.653. The van der Waals surface area contributed by atoms with Crippen molar-refractivity contribution in [2.75, 3.05) is 5.32 Å². The van der Waals surface area contributed by atoms with E-state index in [-0.39, 0.29) is 24.3 Å². The molecule has 158 valence electrons. The first-order valence-corrected chi connectivity index (χ1v) is 9.74. The van der Waals surface area contributed by atoms with Crippen molar-refractivity contribution < 1.29 is 18.7 Å². The fraction of sp³-hybridized carbons (Fsp3) is 0.579. The largest absolute Gasteiger partial charge is 0.446 e. The van der Waals surface area contributed by atoms with Crippen molar-refractivity contribution in [2.24, 2.45) is 7.05 Å². The van der Waals surface area contributed by atoms with Gasteiger partial charge in [-0.1, -0.05) is 0 Å². The lowest BCUT2D eigenvalue weighted by molar-refractivity contribution is -0.115. The molecular weight excluding hydrogens is 379 g/mol. The molecule has 0 aliphatic heterocycles. The Labute approximate surface area is 168 Å². The summed E-state index contributed by atoms with van der Waals surface area (Å²) in [4.78, 5) is 24.0. The second kappa shape index (κ2) is 9.06. The maximum Gasteiger partial charge on any atom is 0.407 e. The smallest absolute Gasteiger partial charge is 0.407 e. The Bertz CT molecular complexity index is 849. The maximum atomic E-state index is 13.2. The molecule has 2 aromatic rings. The summed E-state index contributed by atoms with van der Waals surface area (Å²) in [6.07, 6.45) is 3.90. The minimum Gasteiger partial charge on any atom is -0.446 e. The van der Waals surface area contributed by atoms with Crippen LogP contribution >= 0.6 is 0 Å². The minimum atomic E-state index is -1.14. The van der Waals surface area contributed by atoms with Crippen LogP contribution in [-0.4, -0.2) is 50.3 Å². The van der Waals surface area contributed by atoms with Gasteiger partial charge in [-0.2, -0.15) is 10.2 Å². The Hall–Kier alpha value is -2.91. The molecule has 2 unspecified atom stereocenters. The summed E-state index contributed by atoms with van der Waals surface area (Å²) < 4.78 is 20.2. The molecule has 1 aliphatic rings. The molecule has 0 aromatic carbocycles. The van der Waals surface area contributed by atoms with E-state index in [1.54, 1.807) is 37.1 Å². The number of halogens is 1. The number of anilines is 1. The second-order valence-corrected chi connectivity index (χ2v) is 7.60. The SMILES string of the molecule is CC(F)C(C)NC(=O)O[C@@H]1CC[C@H](c2cc(NC(=O)Cc3cnn(C)c3)n[nH]2)C1. The molecule has 29 heavy (non-hydrogen) atoms. The van der Waals surface area contributed by atoms with Crippen molar-refractivity contribution in [3.8, 4) is 0 Å². The number of alkyl halides is 1. The van der Waals surface area contributed by atoms with E-state index in [4.69, 9.17) is 4.74 Å². The van der Waals surface area contributed by atoms with E-state index in [1.807, 2.05) is 0 Å². The monoisotopic (exact) mass is 406 g/mol. The van der Waals surface area contributed by atoms with E-state index in [0.29, 0.717) is 12.2 Å². The molecule has 0 radical (unpaired) electrons. The molecule has 0 spiro atoms. The van der Waals surface area contributed by atoms with Gasteiger partial charge < -0.3 is 15.4 Å². The number of aromatic nitrogens is 4. The molecule has 4 atom stereocenters. The summed E-state index contributed by atoms with van der Waals surface area (Å²) in [6, 6.07) is 1.21. The molecule has 1 aliphatic carbocycles. The van der Waals surface area contributed by atoms with Gasteiger partial charge in [0.15, 0.2) is 5.82 Å². The van der Waals surface area contributed by atoms with Crippen LogP contribution in [0.15, 0.2) is 18.5 Å². The summed E-state index contributed by atoms with van der Waals surface area (Å²) in [5, 5.41) is 16.4. The zero-order chi connectivity index (χ0) is 21.0. The van der Waals surface area contributed by atoms with Crippen molar-refractivity contribution in [1.29, 1.82) is 0 Å². The van der Waals surface area contributed by atoms with Gasteiger partial charge in [-0.3, -0.25) is 14.6 Å². The maximum absolute atomic E-state index is 13.2. The summed E-state index contributed by atoms with van der Waals surface area (Å²) in [5.41, 5.74) is 1.71. The van der Waals surface area contributed by atoms with Gasteiger partial charge in [0.2, 0.25) is 5.91 Å². The molecule has 2 heterocycles. The van der Waals surface area contributed by atoms with E-state index in [2.05, 4.69) is 25.9 Å². The van der Waals surface area contributed by atoms with Crippen LogP contribution in [0.1, 0.15) is 50.3 Å². The van der Waals surface area contributed by atoms with Crippen LogP contribution in [0.25, 0.3) is 0 Å². The number of aromatic amines is 1. The number of alkyl carbamates (subject to hydrolysis) is 1. The van der Waals surface area contributed by atoms with Gasteiger partial charge in [0.25, 0.3) is 0 Å². The molecule has 2 amide bonds. The van der Waals surface area contributed by atoms with Gasteiger partial charge in [0.05, 0.1) is 18.7 Å². The number of H-pyrrole nitrogens is 1. The summed E-state index contributed by atoms with van der Waals surface area (Å²) in [5.74, 6) is 0.445. The highest BCUT2D eigenvalue weighted by atomic mass is 19.1. The summed E-state index contributed by atoms with van der Waals surface area (Å²) >= 11 is 0. The van der Waals surface area contributed by atoms with Gasteiger partial charge in [0, 0.05) is 30.9 Å². The standard InChI is InChI=1S/C19H27FN6O3/c1-11(20)12(2)22-19(28)29-15-5-4-14(7-15)16-8-17(25-24-16)23-18(27)6-13-9-21-26(3)10-13/h8-12,14-15H,4-7H2,1-3H3,(H,22,28)(H2,23,24,25,27)/t11?,12?,14-,15+/m0/s1. The van der Waals surface area contributed by atoms with E-state index in [9.17, 15) is 14.0 Å². The Kier molecular flexibility index (Phi) is 6.50. The average Bonchev–Trinajstić information content (AvgIpc) is 3.36. The Morgan fingerprint density at radius 3 is 2.90 bits per heavy atom. The second-order valence-electron chi connectivity index (χ2n) is 7.60. The van der Waals surface area contributed by atoms with Crippen molar-refractivity contribution in [2.45, 2.75) is 63.8 Å². The summed E-state index contributed by atoms with van der Waals surface area (Å²) in [7, 11) is 1.80. The first-order valence-electron chi connectivity index (χ1n) is 9.74. The van der Waals surface area contributed by atoms with Crippen molar-refractivity contribution in [3.05, 3.63) is 29.7 Å². The third-order valence-corrected chi connectivity index (χ3v) is 5.12. The Morgan fingerprint density at radius 2 is 2.21 bits per heavy atom. The van der Waals surface area contributed by atoms with Gasteiger partial charge in [0.1, 0.15) is 12.3 Å². The molecule has 2 aromatic heterocycles. The molecule has 1 saturated carbocycles. The van der Waals surface area contributed by atoms with E-state index in [1.165, 1.54) is 6.92 Å². The van der Waals surface area contributed by atoms with E-state index < -0.39 is 18.3 Å². The van der Waals surface area contributed by atoms with Gasteiger partial charge >= 0.3 is 6.09 Å². The lowest BCUT2D eigenvalue weighted by Crippen LogP contribution is -2.39. The van der Waals surface area contributed by atoms with Gasteiger partial charge in [-0.15, -0.1) is 0 Å². The molecular formula is C19H27FN6O3. The zero-order valence-corrected chi connectivity index (χ0v) is 16.8. The third-order valence-electron chi connectivity index (χ3n) is 5.12. The molecule has 0 saturated heterocycles. The zero-order valence-electron chi connectivity index (χ0n) is 16.8. The highest BCUT2D eigenvalue weighted by molar-refractivity contribution is 5.91. The Morgan fingerprint density at radius 1 is 1.41 bits per heavy atom. The van der Waals surface area contributed by atoms with Crippen molar-refractivity contribution >= 4 is 17.8 Å². The highest BCUT2D eigenvalue weighted by Crippen LogP contribution is 2.35. The average molecular weight is 406 g/mol. The van der Waals surface area contributed by atoms with E-state index >= 15 is 0 Å². The Balaban J connectivity index is 1.47. The number of nitrogens with zero attached hydrogens (tertiary/aromatic N) is 3. The molecule has 0 bridgehead atoms. The fourth-order valence-electron chi connectivity index (χ4n) is 3.36. The third kappa shape index (κ3) is 5.78. The van der Waals surface area contributed by atoms with Gasteiger partial charge in [-0.05, 0) is 38.7 Å². The van der Waals surface area contributed by atoms with Crippen LogP contribution in [-0.2, 0) is 23.0 Å². The van der Waals surface area contributed by atoms with Crippen LogP contribution in [0.5, 0.6) is 0 Å². The first-order chi connectivity index (χ1) is 13.8. The number of aryl methyl sites for hydroxylation is 1. The predicted octanol–water partition coefficient (Wildman–Crippen LogP) is 2.43. The number of carbonyl (C=O) groups is 2. The number of carbonyl (C=O) groups excluding carboxylic acids is 2. The number of hydrogen-bond acceptors (Lipinski definition) is 5. The fourth-order valence-corrected chi connectivity index (χ4v) is 3.36. The van der Waals surface area contributed by atoms with Crippen LogP contribution in [0.2, 0.25) is 0 Å². The highest BCUT2D eigenvalue weighted by Gasteiger charge is 2.30. The van der Waals surface area contributed by atoms with Gasteiger partial charge in [-0.25, -0.2) is 9.18 Å². The number of hydrogen-bond donors (Lipinski definition) is 3. The minimum absolute atomic E-state index is 0.154. The number of nitrogens with one attached hydrogen (secondary N) is 3. The summed E-state index contributed by atoms with van der Waals surface area (Å²) in [6.45, 7) is 2.99. The lowest BCUT2D eigenvalue weighted by atomic mass is 10.0. The molecule has 3 N–H and O–H groups in total.